The molecule has 12 heavy (non-hydrogen) atoms. The van der Waals surface area contributed by atoms with Crippen molar-refractivity contribution in [3.05, 3.63) is 18.3 Å². The highest BCUT2D eigenvalue weighted by Gasteiger charge is 1.92. The fourth-order valence-electron chi connectivity index (χ4n) is 0.808. The minimum atomic E-state index is 0.931. The van der Waals surface area contributed by atoms with Gasteiger partial charge in [0.1, 0.15) is 5.03 Å². The van der Waals surface area contributed by atoms with Crippen LogP contribution in [0.3, 0.4) is 0 Å². The van der Waals surface area contributed by atoms with E-state index >= 15 is 0 Å². The molecule has 2 nitrogen and oxygen atoms in total. The smallest absolute Gasteiger partial charge is 0.106 e. The van der Waals surface area contributed by atoms with Crippen LogP contribution in [-0.4, -0.2) is 11.5 Å². The monoisotopic (exact) mass is 200 g/mol. The summed E-state index contributed by atoms with van der Waals surface area (Å²) in [6.45, 7) is 3.13. The quantitative estimate of drug-likeness (QED) is 0.577. The SMILES string of the molecule is CCCNc1ccc(SS)nc1. The van der Waals surface area contributed by atoms with Gasteiger partial charge in [-0.05, 0) is 29.3 Å². The van der Waals surface area contributed by atoms with E-state index in [1.807, 2.05) is 18.3 Å². The predicted molar refractivity (Wildman–Crippen MR) is 57.9 cm³/mol. The van der Waals surface area contributed by atoms with Crippen molar-refractivity contribution in [1.82, 2.24) is 4.98 Å². The van der Waals surface area contributed by atoms with Crippen LogP contribution in [0, 0.1) is 0 Å². The first-order valence-corrected chi connectivity index (χ1v) is 5.75. The van der Waals surface area contributed by atoms with E-state index in [9.17, 15) is 0 Å². The van der Waals surface area contributed by atoms with Gasteiger partial charge in [-0.3, -0.25) is 0 Å². The minimum Gasteiger partial charge on any atom is -0.384 e. The maximum absolute atomic E-state index is 4.17. The summed E-state index contributed by atoms with van der Waals surface area (Å²) in [5.74, 6) is 0. The molecule has 0 unspecified atom stereocenters. The van der Waals surface area contributed by atoms with Crippen molar-refractivity contribution in [1.29, 1.82) is 0 Å². The fourth-order valence-corrected chi connectivity index (χ4v) is 1.36. The highest BCUT2D eigenvalue weighted by Crippen LogP contribution is 2.19. The van der Waals surface area contributed by atoms with Gasteiger partial charge < -0.3 is 5.32 Å². The average Bonchev–Trinajstić information content (AvgIpc) is 2.15. The second-order valence-corrected chi connectivity index (χ2v) is 3.55. The maximum Gasteiger partial charge on any atom is 0.106 e. The lowest BCUT2D eigenvalue weighted by molar-refractivity contribution is 0.974. The van der Waals surface area contributed by atoms with Crippen molar-refractivity contribution in [3.63, 3.8) is 0 Å². The predicted octanol–water partition coefficient (Wildman–Crippen LogP) is 2.84. The molecule has 0 radical (unpaired) electrons. The van der Waals surface area contributed by atoms with Gasteiger partial charge in [0.15, 0.2) is 0 Å². The molecule has 0 aromatic carbocycles. The Morgan fingerprint density at radius 1 is 1.58 bits per heavy atom. The van der Waals surface area contributed by atoms with Gasteiger partial charge >= 0.3 is 0 Å². The van der Waals surface area contributed by atoms with E-state index < -0.39 is 0 Å². The number of rotatable bonds is 4. The summed E-state index contributed by atoms with van der Waals surface area (Å²) in [7, 11) is 1.36. The summed E-state index contributed by atoms with van der Waals surface area (Å²) in [6, 6.07) is 3.97. The largest absolute Gasteiger partial charge is 0.384 e. The van der Waals surface area contributed by atoms with Gasteiger partial charge in [0, 0.05) is 6.54 Å². The number of pyridine rings is 1. The lowest BCUT2D eigenvalue weighted by Gasteiger charge is -2.03. The molecule has 0 amide bonds. The van der Waals surface area contributed by atoms with Crippen LogP contribution in [0.4, 0.5) is 5.69 Å². The van der Waals surface area contributed by atoms with Gasteiger partial charge in [0.2, 0.25) is 0 Å². The van der Waals surface area contributed by atoms with Gasteiger partial charge in [0.25, 0.3) is 0 Å². The molecule has 0 bridgehead atoms. The number of aromatic nitrogens is 1. The summed E-state index contributed by atoms with van der Waals surface area (Å²) in [5.41, 5.74) is 1.07. The van der Waals surface area contributed by atoms with E-state index in [1.165, 1.54) is 10.8 Å². The van der Waals surface area contributed by atoms with Crippen LogP contribution in [0.1, 0.15) is 13.3 Å². The molecule has 66 valence electrons. The molecule has 1 aromatic heterocycles. The fraction of sp³-hybridized carbons (Fsp3) is 0.375. The molecule has 1 aromatic rings. The lowest BCUT2D eigenvalue weighted by atomic mass is 10.4. The van der Waals surface area contributed by atoms with Crippen molar-refractivity contribution in [2.75, 3.05) is 11.9 Å². The topological polar surface area (TPSA) is 24.9 Å². The molecule has 0 saturated heterocycles. The number of thiol groups is 1. The van der Waals surface area contributed by atoms with Crippen LogP contribution in [0.2, 0.25) is 0 Å². The Bertz CT molecular complexity index is 223. The van der Waals surface area contributed by atoms with Crippen LogP contribution in [0.5, 0.6) is 0 Å². The molecule has 1 N–H and O–H groups in total. The summed E-state index contributed by atoms with van der Waals surface area (Å²) in [4.78, 5) is 4.17. The van der Waals surface area contributed by atoms with Crippen molar-refractivity contribution < 1.29 is 0 Å². The first-order valence-electron chi connectivity index (χ1n) is 3.88. The molecule has 0 aliphatic heterocycles. The normalized spacial score (nSPS) is 9.83. The number of anilines is 1. The van der Waals surface area contributed by atoms with Crippen LogP contribution < -0.4 is 5.32 Å². The van der Waals surface area contributed by atoms with Gasteiger partial charge in [-0.1, -0.05) is 6.92 Å². The Labute approximate surface area is 82.0 Å². The first kappa shape index (κ1) is 9.74. The zero-order valence-corrected chi connectivity index (χ0v) is 8.66. The molecular weight excluding hydrogens is 188 g/mol. The third-order valence-corrected chi connectivity index (χ3v) is 2.40. The van der Waals surface area contributed by atoms with E-state index in [0.717, 1.165) is 23.7 Å². The van der Waals surface area contributed by atoms with E-state index in [-0.39, 0.29) is 0 Å². The molecule has 0 atom stereocenters. The third kappa shape index (κ3) is 2.95. The summed E-state index contributed by atoms with van der Waals surface area (Å²) in [6.07, 6.45) is 2.96. The molecule has 0 fully saturated rings. The highest BCUT2D eigenvalue weighted by molar-refractivity contribution is 8.68. The Morgan fingerprint density at radius 2 is 2.42 bits per heavy atom. The second-order valence-electron chi connectivity index (χ2n) is 2.40. The maximum atomic E-state index is 4.17. The Hall–Kier alpha value is -0.350. The number of nitrogens with zero attached hydrogens (tertiary/aromatic N) is 1. The Morgan fingerprint density at radius 3 is 2.92 bits per heavy atom. The molecule has 0 aliphatic carbocycles. The molecule has 0 aliphatic rings. The Kier molecular flexibility index (Phi) is 4.32. The first-order chi connectivity index (χ1) is 5.86. The van der Waals surface area contributed by atoms with Crippen molar-refractivity contribution in [2.45, 2.75) is 18.4 Å². The lowest BCUT2D eigenvalue weighted by Crippen LogP contribution is -1.99. The van der Waals surface area contributed by atoms with Crippen molar-refractivity contribution in [3.8, 4) is 0 Å². The summed E-state index contributed by atoms with van der Waals surface area (Å²) < 4.78 is 0. The summed E-state index contributed by atoms with van der Waals surface area (Å²) in [5, 5.41) is 4.18. The molecule has 1 rings (SSSR count). The van der Waals surface area contributed by atoms with Crippen molar-refractivity contribution in [2.24, 2.45) is 0 Å². The zero-order valence-electron chi connectivity index (χ0n) is 6.95. The standard InChI is InChI=1S/C8H12N2S2/c1-2-5-9-7-3-4-8(12-11)10-6-7/h3-4,6,9,11H,2,5H2,1H3. The molecular formula is C8H12N2S2. The van der Waals surface area contributed by atoms with E-state index in [1.54, 1.807) is 0 Å². The number of nitrogens with one attached hydrogen (secondary N) is 1. The molecule has 4 heteroatoms. The molecule has 1 heterocycles. The van der Waals surface area contributed by atoms with E-state index in [4.69, 9.17) is 0 Å². The van der Waals surface area contributed by atoms with E-state index in [0.29, 0.717) is 0 Å². The summed E-state index contributed by atoms with van der Waals surface area (Å²) >= 11 is 4.05. The second kappa shape index (κ2) is 5.32. The average molecular weight is 200 g/mol. The highest BCUT2D eigenvalue weighted by atomic mass is 33.1. The van der Waals surface area contributed by atoms with Gasteiger partial charge in [-0.2, -0.15) is 0 Å². The van der Waals surface area contributed by atoms with E-state index in [2.05, 4.69) is 28.9 Å². The van der Waals surface area contributed by atoms with Gasteiger partial charge in [-0.25, -0.2) is 4.98 Å². The van der Waals surface area contributed by atoms with Gasteiger partial charge in [0.05, 0.1) is 11.9 Å². The molecule has 0 saturated carbocycles. The van der Waals surface area contributed by atoms with Crippen LogP contribution in [-0.2, 0) is 0 Å². The molecule has 0 spiro atoms. The van der Waals surface area contributed by atoms with Crippen LogP contribution >= 0.6 is 22.5 Å². The number of hydrogen-bond acceptors (Lipinski definition) is 4. The van der Waals surface area contributed by atoms with Crippen molar-refractivity contribution >= 4 is 28.1 Å². The Balaban J connectivity index is 2.53. The van der Waals surface area contributed by atoms with Gasteiger partial charge in [-0.15, -0.1) is 11.7 Å². The zero-order chi connectivity index (χ0) is 8.81. The van der Waals surface area contributed by atoms with Crippen LogP contribution in [0.15, 0.2) is 23.4 Å². The number of hydrogen-bond donors (Lipinski definition) is 2. The minimum absolute atomic E-state index is 0.931. The third-order valence-electron chi connectivity index (χ3n) is 1.41. The van der Waals surface area contributed by atoms with Crippen LogP contribution in [0.25, 0.3) is 0 Å².